The van der Waals surface area contributed by atoms with E-state index in [-0.39, 0.29) is 0 Å². The summed E-state index contributed by atoms with van der Waals surface area (Å²) < 4.78 is 19.7. The fourth-order valence-corrected chi connectivity index (χ4v) is 8.03. The van der Waals surface area contributed by atoms with Crippen LogP contribution in [0.2, 0.25) is 0 Å². The van der Waals surface area contributed by atoms with E-state index in [0.717, 1.165) is 93.6 Å². The van der Waals surface area contributed by atoms with Crippen LogP contribution < -0.4 is 0 Å². The first kappa shape index (κ1) is 26.5. The van der Waals surface area contributed by atoms with Crippen LogP contribution in [-0.4, -0.2) is 0 Å². The zero-order valence-corrected chi connectivity index (χ0v) is 26.2. The van der Waals surface area contributed by atoms with Gasteiger partial charge in [-0.15, -0.1) is 0 Å². The molecule has 8 aromatic carbocycles. The largest absolute Gasteiger partial charge is 0.456 e. The average Bonchev–Trinajstić information content (AvgIpc) is 3.84. The van der Waals surface area contributed by atoms with Crippen molar-refractivity contribution in [2.45, 2.75) is 0 Å². The molecule has 228 valence electrons. The van der Waals surface area contributed by atoms with E-state index >= 15 is 0 Å². The van der Waals surface area contributed by atoms with Crippen molar-refractivity contribution in [2.75, 3.05) is 0 Å². The Labute approximate surface area is 280 Å². The fraction of sp³-hybridized carbons (Fsp3) is 0. The van der Waals surface area contributed by atoms with E-state index in [1.165, 1.54) is 16.3 Å². The third-order valence-electron chi connectivity index (χ3n) is 10.1. The van der Waals surface area contributed by atoms with Crippen LogP contribution in [0.1, 0.15) is 0 Å². The van der Waals surface area contributed by atoms with Gasteiger partial charge >= 0.3 is 0 Å². The van der Waals surface area contributed by atoms with Crippen molar-refractivity contribution >= 4 is 76.4 Å². The maximum atomic E-state index is 6.92. The Kier molecular flexibility index (Phi) is 5.38. The van der Waals surface area contributed by atoms with Gasteiger partial charge in [0, 0.05) is 43.6 Å². The summed E-state index contributed by atoms with van der Waals surface area (Å²) in [7, 11) is 0. The van der Waals surface area contributed by atoms with Crippen molar-refractivity contribution < 1.29 is 13.3 Å². The van der Waals surface area contributed by atoms with Gasteiger partial charge in [0.25, 0.3) is 0 Å². The molecule has 0 spiro atoms. The van der Waals surface area contributed by atoms with Gasteiger partial charge in [0.2, 0.25) is 0 Å². The zero-order valence-electron chi connectivity index (χ0n) is 26.2. The third kappa shape index (κ3) is 3.73. The number of benzene rings is 8. The van der Waals surface area contributed by atoms with Crippen molar-refractivity contribution in [3.63, 3.8) is 0 Å². The molecule has 0 atom stereocenters. The highest BCUT2D eigenvalue weighted by Crippen LogP contribution is 2.51. The van der Waals surface area contributed by atoms with Gasteiger partial charge in [0.1, 0.15) is 33.7 Å². The monoisotopic (exact) mass is 626 g/mol. The lowest BCUT2D eigenvalue weighted by atomic mass is 9.84. The Morgan fingerprint density at radius 3 is 1.51 bits per heavy atom. The van der Waals surface area contributed by atoms with Crippen LogP contribution in [0.5, 0.6) is 0 Å². The van der Waals surface area contributed by atoms with Crippen molar-refractivity contribution in [1.82, 2.24) is 0 Å². The minimum Gasteiger partial charge on any atom is -0.456 e. The fourth-order valence-electron chi connectivity index (χ4n) is 8.03. The number of para-hydroxylation sites is 2. The highest BCUT2D eigenvalue weighted by atomic mass is 16.3. The lowest BCUT2D eigenvalue weighted by Crippen LogP contribution is -1.92. The smallest absolute Gasteiger partial charge is 0.143 e. The molecule has 0 bridgehead atoms. The predicted octanol–water partition coefficient (Wildman–Crippen LogP) is 13.5. The predicted molar refractivity (Wildman–Crippen MR) is 202 cm³/mol. The SMILES string of the molecule is c1ccc(-c2oc3cc4c(cc3c2-c2c3ccccc3c(-c3cccc5oc6ccccc6c35)c3ccccc23)oc2ccccc24)cc1. The summed E-state index contributed by atoms with van der Waals surface area (Å²) in [4.78, 5) is 0. The summed E-state index contributed by atoms with van der Waals surface area (Å²) in [5.41, 5.74) is 9.92. The van der Waals surface area contributed by atoms with Gasteiger partial charge in [-0.3, -0.25) is 0 Å². The van der Waals surface area contributed by atoms with E-state index in [4.69, 9.17) is 13.3 Å². The maximum absolute atomic E-state index is 6.92. The van der Waals surface area contributed by atoms with E-state index in [1.54, 1.807) is 0 Å². The van der Waals surface area contributed by atoms with Gasteiger partial charge in [-0.25, -0.2) is 0 Å². The van der Waals surface area contributed by atoms with Gasteiger partial charge in [-0.2, -0.15) is 0 Å². The topological polar surface area (TPSA) is 39.4 Å². The molecule has 3 heterocycles. The summed E-state index contributed by atoms with van der Waals surface area (Å²) in [6.07, 6.45) is 0. The Bertz CT molecular complexity index is 3040. The number of furan rings is 3. The Morgan fingerprint density at radius 2 is 0.796 bits per heavy atom. The van der Waals surface area contributed by atoms with Gasteiger partial charge in [0.05, 0.1) is 0 Å². The summed E-state index contributed by atoms with van der Waals surface area (Å²) >= 11 is 0. The van der Waals surface area contributed by atoms with Gasteiger partial charge in [-0.05, 0) is 63.0 Å². The van der Waals surface area contributed by atoms with Gasteiger partial charge in [0.15, 0.2) is 0 Å². The minimum atomic E-state index is 0.833. The Morgan fingerprint density at radius 1 is 0.286 bits per heavy atom. The number of hydrogen-bond acceptors (Lipinski definition) is 3. The molecule has 0 saturated heterocycles. The standard InChI is InChI=1S/C46H26O3/c1-2-13-27(14-3-1)46-45(36-26-40-35(25-41(36)49-46)28-15-8-10-22-37(28)48-40)44-31-18-6-4-16-29(31)42(30-17-5-7-19-32(30)44)34-21-12-24-39-43(34)33-20-9-11-23-38(33)47-39/h1-26H. The number of rotatable bonds is 3. The van der Waals surface area contributed by atoms with E-state index in [1.807, 2.05) is 30.3 Å². The molecule has 49 heavy (non-hydrogen) atoms. The molecule has 3 nitrogen and oxygen atoms in total. The van der Waals surface area contributed by atoms with E-state index in [0.29, 0.717) is 0 Å². The van der Waals surface area contributed by atoms with Gasteiger partial charge in [-0.1, -0.05) is 127 Å². The van der Waals surface area contributed by atoms with Crippen molar-refractivity contribution in [3.8, 4) is 33.6 Å². The second-order valence-electron chi connectivity index (χ2n) is 12.7. The molecule has 3 heteroatoms. The highest BCUT2D eigenvalue weighted by molar-refractivity contribution is 6.28. The highest BCUT2D eigenvalue weighted by Gasteiger charge is 2.26. The summed E-state index contributed by atoms with van der Waals surface area (Å²) in [6, 6.07) is 55.3. The summed E-state index contributed by atoms with van der Waals surface area (Å²) in [5, 5.41) is 10.1. The Hall–Kier alpha value is -6.58. The van der Waals surface area contributed by atoms with Gasteiger partial charge < -0.3 is 13.3 Å². The molecule has 0 aliphatic rings. The first-order chi connectivity index (χ1) is 24.3. The molecular weight excluding hydrogens is 601 g/mol. The number of fused-ring (bicyclic) bond motifs is 9. The summed E-state index contributed by atoms with van der Waals surface area (Å²) in [5.74, 6) is 0.846. The molecule has 0 amide bonds. The van der Waals surface area contributed by atoms with Crippen LogP contribution >= 0.6 is 0 Å². The normalized spacial score (nSPS) is 12.1. The average molecular weight is 627 g/mol. The molecule has 0 aliphatic heterocycles. The lowest BCUT2D eigenvalue weighted by molar-refractivity contribution is 0.632. The molecule has 0 unspecified atom stereocenters. The van der Waals surface area contributed by atoms with Crippen molar-refractivity contribution in [1.29, 1.82) is 0 Å². The molecule has 0 radical (unpaired) electrons. The van der Waals surface area contributed by atoms with Crippen LogP contribution in [0.3, 0.4) is 0 Å². The molecular formula is C46H26O3. The van der Waals surface area contributed by atoms with Crippen LogP contribution in [0.15, 0.2) is 171 Å². The summed E-state index contributed by atoms with van der Waals surface area (Å²) in [6.45, 7) is 0. The molecule has 0 fully saturated rings. The minimum absolute atomic E-state index is 0.833. The van der Waals surface area contributed by atoms with Crippen LogP contribution in [0.4, 0.5) is 0 Å². The van der Waals surface area contributed by atoms with Crippen molar-refractivity contribution in [2.24, 2.45) is 0 Å². The molecule has 0 N–H and O–H groups in total. The lowest BCUT2D eigenvalue weighted by Gasteiger charge is -2.18. The second kappa shape index (κ2) is 9.96. The molecule has 0 aliphatic carbocycles. The van der Waals surface area contributed by atoms with E-state index in [2.05, 4.69) is 127 Å². The molecule has 3 aromatic heterocycles. The van der Waals surface area contributed by atoms with Crippen molar-refractivity contribution in [3.05, 3.63) is 158 Å². The quantitative estimate of drug-likeness (QED) is 0.183. The first-order valence-corrected chi connectivity index (χ1v) is 16.6. The second-order valence-corrected chi connectivity index (χ2v) is 12.7. The molecule has 11 aromatic rings. The van der Waals surface area contributed by atoms with Crippen LogP contribution in [-0.2, 0) is 0 Å². The van der Waals surface area contributed by atoms with E-state index < -0.39 is 0 Å². The van der Waals surface area contributed by atoms with Crippen LogP contribution in [0.25, 0.3) is 110 Å². The third-order valence-corrected chi connectivity index (χ3v) is 10.1. The molecule has 0 saturated carbocycles. The van der Waals surface area contributed by atoms with Crippen LogP contribution in [0, 0.1) is 0 Å². The molecule has 11 rings (SSSR count). The maximum Gasteiger partial charge on any atom is 0.143 e. The number of hydrogen-bond donors (Lipinski definition) is 0. The first-order valence-electron chi connectivity index (χ1n) is 16.6. The zero-order chi connectivity index (χ0) is 32.1. The van der Waals surface area contributed by atoms with E-state index in [9.17, 15) is 0 Å². The Balaban J connectivity index is 1.32.